The van der Waals surface area contributed by atoms with Crippen LogP contribution >= 0.6 is 0 Å². The van der Waals surface area contributed by atoms with Crippen molar-refractivity contribution in [2.24, 2.45) is 0 Å². The van der Waals surface area contributed by atoms with Gasteiger partial charge < -0.3 is 21.5 Å². The number of quaternary nitrogens is 1. The SMILES string of the molecule is CCC(C)[N+]1(C(C)CC)CCC(=O)CC1.[Br-]. The van der Waals surface area contributed by atoms with Crippen LogP contribution in [0.2, 0.25) is 0 Å². The quantitative estimate of drug-likeness (QED) is 0.654. The van der Waals surface area contributed by atoms with Crippen molar-refractivity contribution < 1.29 is 26.3 Å². The van der Waals surface area contributed by atoms with Gasteiger partial charge in [-0.05, 0) is 26.7 Å². The lowest BCUT2D eigenvalue weighted by Gasteiger charge is -2.49. The number of carbonyl (C=O) groups excluding carboxylic acids is 1. The van der Waals surface area contributed by atoms with E-state index in [-0.39, 0.29) is 17.0 Å². The second-order valence-corrected chi connectivity index (χ2v) is 5.10. The Balaban J connectivity index is 0.00000225. The Bertz CT molecular complexity index is 208. The van der Waals surface area contributed by atoms with Crippen molar-refractivity contribution in [3.05, 3.63) is 0 Å². The maximum Gasteiger partial charge on any atom is 0.144 e. The van der Waals surface area contributed by atoms with Crippen LogP contribution in [-0.2, 0) is 4.79 Å². The van der Waals surface area contributed by atoms with E-state index in [4.69, 9.17) is 0 Å². The fourth-order valence-corrected chi connectivity index (χ4v) is 2.95. The Morgan fingerprint density at radius 2 is 1.44 bits per heavy atom. The van der Waals surface area contributed by atoms with Crippen LogP contribution in [0.25, 0.3) is 0 Å². The molecule has 2 atom stereocenters. The van der Waals surface area contributed by atoms with Crippen LogP contribution in [0.4, 0.5) is 0 Å². The van der Waals surface area contributed by atoms with Gasteiger partial charge in [0.1, 0.15) is 5.78 Å². The average Bonchev–Trinajstić information content (AvgIpc) is 2.28. The fraction of sp³-hybridized carbons (Fsp3) is 0.923. The molecular weight excluding hydrogens is 266 g/mol. The summed E-state index contributed by atoms with van der Waals surface area (Å²) in [6.45, 7) is 11.4. The van der Waals surface area contributed by atoms with Crippen molar-refractivity contribution in [1.29, 1.82) is 0 Å². The molecule has 2 nitrogen and oxygen atoms in total. The van der Waals surface area contributed by atoms with Crippen LogP contribution in [0.5, 0.6) is 0 Å². The number of hydrogen-bond acceptors (Lipinski definition) is 1. The number of nitrogens with zero attached hydrogens (tertiary/aromatic N) is 1. The molecule has 0 bridgehead atoms. The number of halogens is 1. The molecule has 16 heavy (non-hydrogen) atoms. The molecule has 0 radical (unpaired) electrons. The van der Waals surface area contributed by atoms with E-state index in [0.29, 0.717) is 17.9 Å². The molecule has 0 aromatic rings. The molecule has 3 heteroatoms. The van der Waals surface area contributed by atoms with E-state index in [1.54, 1.807) is 0 Å². The smallest absolute Gasteiger partial charge is 0.144 e. The second-order valence-electron chi connectivity index (χ2n) is 5.10. The van der Waals surface area contributed by atoms with E-state index in [1.165, 1.54) is 17.3 Å². The van der Waals surface area contributed by atoms with Gasteiger partial charge in [0.25, 0.3) is 0 Å². The number of piperidine rings is 1. The number of rotatable bonds is 4. The van der Waals surface area contributed by atoms with Gasteiger partial charge in [-0.2, -0.15) is 0 Å². The third-order valence-corrected chi connectivity index (χ3v) is 4.55. The lowest BCUT2D eigenvalue weighted by Crippen LogP contribution is -3.00. The number of carbonyl (C=O) groups is 1. The van der Waals surface area contributed by atoms with Crippen molar-refractivity contribution in [1.82, 2.24) is 0 Å². The molecule has 0 aliphatic carbocycles. The monoisotopic (exact) mass is 291 g/mol. The summed E-state index contributed by atoms with van der Waals surface area (Å²) in [5.74, 6) is 0.468. The Kier molecular flexibility index (Phi) is 6.80. The molecule has 96 valence electrons. The molecule has 0 amide bonds. The maximum absolute atomic E-state index is 11.4. The van der Waals surface area contributed by atoms with Crippen molar-refractivity contribution in [3.63, 3.8) is 0 Å². The molecule has 2 unspecified atom stereocenters. The van der Waals surface area contributed by atoms with E-state index < -0.39 is 0 Å². The van der Waals surface area contributed by atoms with Gasteiger partial charge in [0.15, 0.2) is 0 Å². The first-order chi connectivity index (χ1) is 7.06. The largest absolute Gasteiger partial charge is 1.00 e. The fourth-order valence-electron chi connectivity index (χ4n) is 2.95. The molecule has 1 fully saturated rings. The Hall–Kier alpha value is 0.110. The van der Waals surface area contributed by atoms with Crippen LogP contribution < -0.4 is 17.0 Å². The van der Waals surface area contributed by atoms with E-state index in [9.17, 15) is 4.79 Å². The van der Waals surface area contributed by atoms with Gasteiger partial charge in [-0.25, -0.2) is 0 Å². The normalized spacial score (nSPS) is 23.4. The zero-order chi connectivity index (χ0) is 11.5. The number of Topliss-reactive ketones (excluding diaryl/α,β-unsaturated/α-hetero) is 1. The van der Waals surface area contributed by atoms with Crippen LogP contribution in [-0.4, -0.2) is 35.4 Å². The highest BCUT2D eigenvalue weighted by atomic mass is 79.9. The molecular formula is C13H26BrNO. The Labute approximate surface area is 111 Å². The summed E-state index contributed by atoms with van der Waals surface area (Å²) in [5.41, 5.74) is 0. The molecule has 0 aromatic heterocycles. The number of hydrogen-bond donors (Lipinski definition) is 0. The van der Waals surface area contributed by atoms with E-state index in [2.05, 4.69) is 27.7 Å². The first kappa shape index (κ1) is 16.1. The van der Waals surface area contributed by atoms with Crippen LogP contribution in [0.1, 0.15) is 53.4 Å². The van der Waals surface area contributed by atoms with Gasteiger partial charge in [0.2, 0.25) is 0 Å². The van der Waals surface area contributed by atoms with Gasteiger partial charge in [-0.15, -0.1) is 0 Å². The van der Waals surface area contributed by atoms with E-state index in [0.717, 1.165) is 25.9 Å². The number of ketones is 1. The van der Waals surface area contributed by atoms with Crippen molar-refractivity contribution in [3.8, 4) is 0 Å². The molecule has 0 N–H and O–H groups in total. The molecule has 1 rings (SSSR count). The van der Waals surface area contributed by atoms with Gasteiger partial charge in [-0.1, -0.05) is 13.8 Å². The zero-order valence-corrected chi connectivity index (χ0v) is 12.7. The highest BCUT2D eigenvalue weighted by Crippen LogP contribution is 2.28. The minimum absolute atomic E-state index is 0. The average molecular weight is 292 g/mol. The molecule has 0 spiro atoms. The summed E-state index contributed by atoms with van der Waals surface area (Å²) in [6, 6.07) is 1.40. The number of likely N-dealkylation sites (tertiary alicyclic amines) is 1. The third-order valence-electron chi connectivity index (χ3n) is 4.55. The van der Waals surface area contributed by atoms with E-state index >= 15 is 0 Å². The van der Waals surface area contributed by atoms with Crippen LogP contribution in [0.3, 0.4) is 0 Å². The topological polar surface area (TPSA) is 17.1 Å². The van der Waals surface area contributed by atoms with Crippen LogP contribution in [0.15, 0.2) is 0 Å². The minimum Gasteiger partial charge on any atom is -1.00 e. The highest BCUT2D eigenvalue weighted by molar-refractivity contribution is 5.79. The molecule has 0 saturated carbocycles. The van der Waals surface area contributed by atoms with Gasteiger partial charge in [0, 0.05) is 0 Å². The molecule has 0 aromatic carbocycles. The van der Waals surface area contributed by atoms with Crippen molar-refractivity contribution in [2.45, 2.75) is 65.5 Å². The van der Waals surface area contributed by atoms with Crippen LogP contribution in [0, 0.1) is 0 Å². The molecule has 1 aliphatic rings. The van der Waals surface area contributed by atoms with Gasteiger partial charge in [0.05, 0.1) is 38.0 Å². The molecule has 1 saturated heterocycles. The third kappa shape index (κ3) is 3.07. The minimum atomic E-state index is 0. The lowest BCUT2D eigenvalue weighted by molar-refractivity contribution is -0.971. The summed E-state index contributed by atoms with van der Waals surface area (Å²) in [6.07, 6.45) is 4.04. The predicted octanol–water partition coefficient (Wildman–Crippen LogP) is -0.233. The summed E-state index contributed by atoms with van der Waals surface area (Å²) in [5, 5.41) is 0. The van der Waals surface area contributed by atoms with Gasteiger partial charge >= 0.3 is 0 Å². The highest BCUT2D eigenvalue weighted by Gasteiger charge is 2.40. The first-order valence-corrected chi connectivity index (χ1v) is 6.45. The summed E-state index contributed by atoms with van der Waals surface area (Å²) in [4.78, 5) is 11.4. The standard InChI is InChI=1S/C13H26NO.BrH/c1-5-11(3)14(12(4)6-2)9-7-13(15)8-10-14;/h11-12H,5-10H2,1-4H3;1H/q+1;/p-1. The lowest BCUT2D eigenvalue weighted by atomic mass is 9.97. The second kappa shape index (κ2) is 6.75. The molecule has 1 aliphatic heterocycles. The van der Waals surface area contributed by atoms with Gasteiger partial charge in [-0.3, -0.25) is 4.79 Å². The molecule has 1 heterocycles. The summed E-state index contributed by atoms with van der Waals surface area (Å²) in [7, 11) is 0. The maximum atomic E-state index is 11.4. The first-order valence-electron chi connectivity index (χ1n) is 6.45. The summed E-state index contributed by atoms with van der Waals surface area (Å²) < 4.78 is 1.18. The predicted molar refractivity (Wildman–Crippen MR) is 63.7 cm³/mol. The van der Waals surface area contributed by atoms with E-state index in [1.807, 2.05) is 0 Å². The Morgan fingerprint density at radius 1 is 1.06 bits per heavy atom. The zero-order valence-electron chi connectivity index (χ0n) is 11.1. The Morgan fingerprint density at radius 3 is 1.75 bits per heavy atom. The van der Waals surface area contributed by atoms with Crippen molar-refractivity contribution >= 4 is 5.78 Å². The van der Waals surface area contributed by atoms with Crippen molar-refractivity contribution in [2.75, 3.05) is 13.1 Å². The summed E-state index contributed by atoms with van der Waals surface area (Å²) >= 11 is 0.